The zero-order valence-electron chi connectivity index (χ0n) is 19.1. The maximum Gasteiger partial charge on any atom is 0.338 e. The molecule has 1 heterocycles. The summed E-state index contributed by atoms with van der Waals surface area (Å²) in [5.41, 5.74) is 1.39. The third-order valence-electron chi connectivity index (χ3n) is 5.38. The first-order valence-electron chi connectivity index (χ1n) is 10.8. The Morgan fingerprint density at radius 3 is 2.44 bits per heavy atom. The molecule has 0 spiro atoms. The van der Waals surface area contributed by atoms with Gasteiger partial charge in [-0.2, -0.15) is 0 Å². The smallest absolute Gasteiger partial charge is 0.338 e. The number of carbonyl (C=O) groups excluding carboxylic acids is 2. The normalized spacial score (nSPS) is 24.2. The highest BCUT2D eigenvalue weighted by molar-refractivity contribution is 5.92. The average Bonchev–Trinajstić information content (AvgIpc) is 2.83. The summed E-state index contributed by atoms with van der Waals surface area (Å²) in [5, 5.41) is 32.9. The van der Waals surface area contributed by atoms with Crippen molar-refractivity contribution in [3.05, 3.63) is 48.0 Å². The summed E-state index contributed by atoms with van der Waals surface area (Å²) in [6, 6.07) is 10.6. The summed E-state index contributed by atoms with van der Waals surface area (Å²) >= 11 is 0. The molecule has 10 heteroatoms. The Hall–Kier alpha value is -3.18. The van der Waals surface area contributed by atoms with E-state index < -0.39 is 49.1 Å². The Morgan fingerprint density at radius 2 is 1.79 bits per heavy atom. The first-order valence-corrected chi connectivity index (χ1v) is 10.8. The van der Waals surface area contributed by atoms with Crippen molar-refractivity contribution in [1.29, 1.82) is 0 Å². The zero-order valence-corrected chi connectivity index (χ0v) is 19.1. The molecule has 1 aliphatic rings. The summed E-state index contributed by atoms with van der Waals surface area (Å²) < 4.78 is 22.3. The Kier molecular flexibility index (Phi) is 8.46. The number of methoxy groups -OCH3 is 1. The molecule has 34 heavy (non-hydrogen) atoms. The fraction of sp³-hybridized carbons (Fsp3) is 0.417. The number of ether oxygens (including phenoxy) is 4. The molecule has 0 saturated carbocycles. The van der Waals surface area contributed by atoms with E-state index in [2.05, 4.69) is 5.32 Å². The first kappa shape index (κ1) is 25.4. The fourth-order valence-electron chi connectivity index (χ4n) is 3.75. The van der Waals surface area contributed by atoms with E-state index in [0.717, 1.165) is 0 Å². The highest BCUT2D eigenvalue weighted by Gasteiger charge is 2.46. The number of hydrogen-bond acceptors (Lipinski definition) is 9. The van der Waals surface area contributed by atoms with E-state index >= 15 is 0 Å². The van der Waals surface area contributed by atoms with Gasteiger partial charge in [0.15, 0.2) is 0 Å². The molecule has 0 radical (unpaired) electrons. The number of carbonyl (C=O) groups is 2. The van der Waals surface area contributed by atoms with Crippen molar-refractivity contribution in [2.45, 2.75) is 44.5 Å². The van der Waals surface area contributed by atoms with Crippen molar-refractivity contribution in [2.24, 2.45) is 0 Å². The molecule has 1 aliphatic heterocycles. The summed E-state index contributed by atoms with van der Waals surface area (Å²) in [6.07, 6.45) is -5.24. The lowest BCUT2D eigenvalue weighted by Gasteiger charge is -2.42. The molecule has 0 unspecified atom stereocenters. The number of aliphatic hydroxyl groups is 3. The van der Waals surface area contributed by atoms with Crippen LogP contribution in [0.3, 0.4) is 0 Å². The third kappa shape index (κ3) is 5.48. The van der Waals surface area contributed by atoms with E-state index in [1.165, 1.54) is 14.0 Å². The van der Waals surface area contributed by atoms with Gasteiger partial charge in [0.25, 0.3) is 0 Å². The van der Waals surface area contributed by atoms with E-state index in [1.807, 2.05) is 0 Å². The number of aliphatic hydroxyl groups excluding tert-OH is 3. The number of nitrogens with one attached hydrogen (secondary N) is 1. The van der Waals surface area contributed by atoms with Gasteiger partial charge in [-0.05, 0) is 31.2 Å². The van der Waals surface area contributed by atoms with Gasteiger partial charge in [0.1, 0.15) is 35.9 Å². The van der Waals surface area contributed by atoms with Crippen LogP contribution in [0.25, 0.3) is 11.1 Å². The molecule has 0 aliphatic carbocycles. The minimum atomic E-state index is -1.45. The van der Waals surface area contributed by atoms with Crippen molar-refractivity contribution in [3.63, 3.8) is 0 Å². The number of para-hydroxylation sites is 1. The molecule has 1 saturated heterocycles. The molecule has 0 aromatic heterocycles. The van der Waals surface area contributed by atoms with E-state index in [4.69, 9.17) is 18.9 Å². The first-order chi connectivity index (χ1) is 16.3. The monoisotopic (exact) mass is 475 g/mol. The van der Waals surface area contributed by atoms with E-state index in [-0.39, 0.29) is 6.61 Å². The van der Waals surface area contributed by atoms with Gasteiger partial charge < -0.3 is 39.6 Å². The third-order valence-corrected chi connectivity index (χ3v) is 5.38. The Morgan fingerprint density at radius 1 is 1.06 bits per heavy atom. The van der Waals surface area contributed by atoms with Gasteiger partial charge >= 0.3 is 5.97 Å². The molecule has 0 bridgehead atoms. The Balaban J connectivity index is 2.01. The van der Waals surface area contributed by atoms with E-state index in [9.17, 15) is 24.9 Å². The number of esters is 1. The topological polar surface area (TPSA) is 144 Å². The number of hydrogen-bond donors (Lipinski definition) is 4. The lowest BCUT2D eigenvalue weighted by atomic mass is 9.96. The molecular formula is C24H29NO9. The van der Waals surface area contributed by atoms with Crippen molar-refractivity contribution < 1.29 is 43.9 Å². The van der Waals surface area contributed by atoms with Gasteiger partial charge in [-0.3, -0.25) is 4.79 Å². The maximum absolute atomic E-state index is 12.3. The van der Waals surface area contributed by atoms with Crippen LogP contribution in [-0.4, -0.2) is 78.2 Å². The van der Waals surface area contributed by atoms with Crippen LogP contribution in [0.2, 0.25) is 0 Å². The molecule has 4 N–H and O–H groups in total. The second-order valence-electron chi connectivity index (χ2n) is 7.68. The molecular weight excluding hydrogens is 446 g/mol. The molecule has 5 atom stereocenters. The van der Waals surface area contributed by atoms with Crippen LogP contribution in [0.1, 0.15) is 24.2 Å². The van der Waals surface area contributed by atoms with E-state index in [0.29, 0.717) is 28.2 Å². The summed E-state index contributed by atoms with van der Waals surface area (Å²) in [4.78, 5) is 24.0. The van der Waals surface area contributed by atoms with Gasteiger partial charge in [-0.1, -0.05) is 18.2 Å². The minimum absolute atomic E-state index is 0.226. The van der Waals surface area contributed by atoms with Crippen LogP contribution in [0.15, 0.2) is 42.5 Å². The van der Waals surface area contributed by atoms with Crippen molar-refractivity contribution in [1.82, 2.24) is 5.32 Å². The largest absolute Gasteiger partial charge is 0.496 e. The standard InChI is InChI=1S/C24H29NO9/c1-4-32-23(30)14-9-10-17(31-3)16(11-14)15-7-5-6-8-18(15)33-24-20(25-13(2)27)22(29)21(28)19(12-26)34-24/h5-11,19-22,24,26,28-29H,4,12H2,1-3H3,(H,25,27)/t19-,20-,21+,22-,24-/m1/s1. The fourth-order valence-corrected chi connectivity index (χ4v) is 3.75. The molecule has 1 fully saturated rings. The number of benzene rings is 2. The molecule has 3 rings (SSSR count). The summed E-state index contributed by atoms with van der Waals surface area (Å²) in [5.74, 6) is -0.194. The van der Waals surface area contributed by atoms with Gasteiger partial charge in [-0.15, -0.1) is 0 Å². The number of rotatable bonds is 8. The number of amides is 1. The predicted molar refractivity (Wildman–Crippen MR) is 120 cm³/mol. The van der Waals surface area contributed by atoms with Gasteiger partial charge in [0.2, 0.25) is 12.2 Å². The van der Waals surface area contributed by atoms with Crippen molar-refractivity contribution >= 4 is 11.9 Å². The Labute approximate surface area is 197 Å². The van der Waals surface area contributed by atoms with Crippen molar-refractivity contribution in [3.8, 4) is 22.6 Å². The molecule has 2 aromatic carbocycles. The van der Waals surface area contributed by atoms with Crippen LogP contribution >= 0.6 is 0 Å². The van der Waals surface area contributed by atoms with Crippen molar-refractivity contribution in [2.75, 3.05) is 20.3 Å². The Bertz CT molecular complexity index is 1010. The minimum Gasteiger partial charge on any atom is -0.496 e. The molecule has 2 aromatic rings. The zero-order chi connectivity index (χ0) is 24.8. The van der Waals surface area contributed by atoms with E-state index in [1.54, 1.807) is 49.4 Å². The van der Waals surface area contributed by atoms with Gasteiger partial charge in [0.05, 0.1) is 25.9 Å². The van der Waals surface area contributed by atoms with Gasteiger partial charge in [-0.25, -0.2) is 4.79 Å². The summed E-state index contributed by atoms with van der Waals surface area (Å²) in [6.45, 7) is 2.63. The second-order valence-corrected chi connectivity index (χ2v) is 7.68. The highest BCUT2D eigenvalue weighted by atomic mass is 16.7. The van der Waals surface area contributed by atoms with Crippen LogP contribution in [0.5, 0.6) is 11.5 Å². The SMILES string of the molecule is CCOC(=O)c1ccc(OC)c(-c2ccccc2O[C@@H]2O[C@H](CO)[C@H](O)[C@H](O)[C@H]2NC(C)=O)c1. The lowest BCUT2D eigenvalue weighted by Crippen LogP contribution is -2.65. The molecule has 1 amide bonds. The van der Waals surface area contributed by atoms with Gasteiger partial charge in [0, 0.05) is 18.1 Å². The second kappa shape index (κ2) is 11.3. The van der Waals surface area contributed by atoms with Crippen LogP contribution in [0.4, 0.5) is 0 Å². The quantitative estimate of drug-likeness (QED) is 0.409. The molecule has 184 valence electrons. The van der Waals surface area contributed by atoms with Crippen LogP contribution in [0, 0.1) is 0 Å². The highest BCUT2D eigenvalue weighted by Crippen LogP contribution is 2.38. The van der Waals surface area contributed by atoms with Crippen LogP contribution in [-0.2, 0) is 14.3 Å². The predicted octanol–water partition coefficient (Wildman–Crippen LogP) is 0.861. The lowest BCUT2D eigenvalue weighted by molar-refractivity contribution is -0.244. The summed E-state index contributed by atoms with van der Waals surface area (Å²) in [7, 11) is 1.49. The van der Waals surface area contributed by atoms with Crippen LogP contribution < -0.4 is 14.8 Å². The maximum atomic E-state index is 12.3. The molecule has 10 nitrogen and oxygen atoms in total. The average molecular weight is 475 g/mol.